The fraction of sp³-hybridized carbons (Fsp3) is 0.900. The summed E-state index contributed by atoms with van der Waals surface area (Å²) in [7, 11) is 0. The first kappa shape index (κ1) is 15.3. The van der Waals surface area contributed by atoms with Crippen molar-refractivity contribution < 1.29 is 34.3 Å². The van der Waals surface area contributed by atoms with Gasteiger partial charge >= 0.3 is 5.97 Å². The second-order valence-corrected chi connectivity index (χ2v) is 3.94. The van der Waals surface area contributed by atoms with E-state index in [-0.39, 0.29) is 13.2 Å². The maximum Gasteiger partial charge on any atom is 0.303 e. The Kier molecular flexibility index (Phi) is 5.93. The number of hydrogen-bond acceptors (Lipinski definition) is 8. The van der Waals surface area contributed by atoms with Crippen LogP contribution in [-0.4, -0.2) is 71.8 Å². The van der Waals surface area contributed by atoms with Gasteiger partial charge < -0.3 is 35.3 Å². The van der Waals surface area contributed by atoms with E-state index in [4.69, 9.17) is 25.1 Å². The van der Waals surface area contributed by atoms with Crippen LogP contribution in [0.5, 0.6) is 0 Å². The quantitative estimate of drug-likeness (QED) is 0.396. The van der Waals surface area contributed by atoms with Gasteiger partial charge in [0.1, 0.15) is 18.3 Å². The number of aliphatic hydroxyl groups is 3. The number of aliphatic hydroxyl groups excluding tert-OH is 3. The molecule has 1 aliphatic heterocycles. The normalized spacial score (nSPS) is 36.4. The molecule has 1 aliphatic rings. The zero-order valence-electron chi connectivity index (χ0n) is 10.1. The molecular weight excluding hydrogens is 246 g/mol. The fourth-order valence-corrected chi connectivity index (χ4v) is 1.69. The van der Waals surface area contributed by atoms with Crippen LogP contribution < -0.4 is 5.73 Å². The van der Waals surface area contributed by atoms with Crippen LogP contribution in [0.25, 0.3) is 0 Å². The molecular formula is C10H19NO7. The molecule has 0 bridgehead atoms. The highest BCUT2D eigenvalue weighted by atomic mass is 16.7. The summed E-state index contributed by atoms with van der Waals surface area (Å²) >= 11 is 0. The van der Waals surface area contributed by atoms with Gasteiger partial charge in [-0.05, 0) is 0 Å². The van der Waals surface area contributed by atoms with Crippen molar-refractivity contribution in [2.75, 3.05) is 19.8 Å². The van der Waals surface area contributed by atoms with Crippen LogP contribution in [0, 0.1) is 0 Å². The molecule has 0 unspecified atom stereocenters. The summed E-state index contributed by atoms with van der Waals surface area (Å²) in [6.07, 6.45) is -6.01. The first-order valence-electron chi connectivity index (χ1n) is 5.62. The summed E-state index contributed by atoms with van der Waals surface area (Å²) in [4.78, 5) is 10.9. The van der Waals surface area contributed by atoms with Gasteiger partial charge in [-0.25, -0.2) is 0 Å². The van der Waals surface area contributed by atoms with E-state index in [1.807, 2.05) is 0 Å². The molecule has 0 amide bonds. The molecule has 1 saturated heterocycles. The van der Waals surface area contributed by atoms with Crippen molar-refractivity contribution >= 4 is 5.97 Å². The molecule has 0 saturated carbocycles. The third-order valence-corrected chi connectivity index (χ3v) is 2.53. The van der Waals surface area contributed by atoms with E-state index >= 15 is 0 Å². The molecule has 0 aliphatic carbocycles. The third-order valence-electron chi connectivity index (χ3n) is 2.53. The SMILES string of the molecule is CC(=O)O[C@H]1[C@H](OCCN)O[C@H](CO)[C@H](O)[C@@H]1O. The molecule has 0 spiro atoms. The van der Waals surface area contributed by atoms with Gasteiger partial charge in [-0.15, -0.1) is 0 Å². The predicted octanol–water partition coefficient (Wildman–Crippen LogP) is -2.67. The molecule has 0 radical (unpaired) electrons. The van der Waals surface area contributed by atoms with Crippen molar-refractivity contribution in [3.05, 3.63) is 0 Å². The van der Waals surface area contributed by atoms with E-state index < -0.39 is 43.3 Å². The average molecular weight is 265 g/mol. The van der Waals surface area contributed by atoms with Crippen LogP contribution in [0.2, 0.25) is 0 Å². The molecule has 8 heteroatoms. The Bertz CT molecular complexity index is 275. The van der Waals surface area contributed by atoms with Crippen LogP contribution in [0.1, 0.15) is 6.92 Å². The molecule has 8 nitrogen and oxygen atoms in total. The Morgan fingerprint density at radius 3 is 2.56 bits per heavy atom. The van der Waals surface area contributed by atoms with E-state index in [1.165, 1.54) is 0 Å². The minimum Gasteiger partial charge on any atom is -0.454 e. The summed E-state index contributed by atoms with van der Waals surface area (Å²) in [6, 6.07) is 0. The van der Waals surface area contributed by atoms with Gasteiger partial charge in [-0.2, -0.15) is 0 Å². The molecule has 106 valence electrons. The summed E-state index contributed by atoms with van der Waals surface area (Å²) < 4.78 is 15.3. The lowest BCUT2D eigenvalue weighted by molar-refractivity contribution is -0.303. The van der Waals surface area contributed by atoms with Gasteiger partial charge in [0, 0.05) is 13.5 Å². The van der Waals surface area contributed by atoms with E-state index in [2.05, 4.69) is 0 Å². The van der Waals surface area contributed by atoms with E-state index in [9.17, 15) is 15.0 Å². The second-order valence-electron chi connectivity index (χ2n) is 3.94. The second kappa shape index (κ2) is 6.98. The Labute approximate surface area is 104 Å². The van der Waals surface area contributed by atoms with E-state index in [1.54, 1.807) is 0 Å². The van der Waals surface area contributed by atoms with Crippen LogP contribution in [-0.2, 0) is 19.0 Å². The van der Waals surface area contributed by atoms with Crippen molar-refractivity contribution in [2.45, 2.75) is 37.6 Å². The summed E-state index contributed by atoms with van der Waals surface area (Å²) in [5.41, 5.74) is 5.27. The standard InChI is InChI=1S/C10H19NO7/c1-5(13)17-9-8(15)7(14)6(4-12)18-10(9)16-3-2-11/h6-10,12,14-15H,2-4,11H2,1H3/t6-,7+,8+,9-,10-/m1/s1. The fourth-order valence-electron chi connectivity index (χ4n) is 1.69. The molecule has 0 aromatic heterocycles. The summed E-state index contributed by atoms with van der Waals surface area (Å²) in [5.74, 6) is -0.640. The molecule has 1 fully saturated rings. The Balaban J connectivity index is 2.76. The molecule has 1 heterocycles. The van der Waals surface area contributed by atoms with Crippen LogP contribution in [0.3, 0.4) is 0 Å². The number of nitrogens with two attached hydrogens (primary N) is 1. The number of hydrogen-bond donors (Lipinski definition) is 4. The highest BCUT2D eigenvalue weighted by molar-refractivity contribution is 5.66. The summed E-state index contributed by atoms with van der Waals surface area (Å²) in [5, 5.41) is 28.5. The lowest BCUT2D eigenvalue weighted by atomic mass is 9.99. The van der Waals surface area contributed by atoms with Gasteiger partial charge in [0.05, 0.1) is 13.2 Å². The van der Waals surface area contributed by atoms with Gasteiger partial charge in [0.15, 0.2) is 12.4 Å². The Morgan fingerprint density at radius 2 is 2.06 bits per heavy atom. The van der Waals surface area contributed by atoms with Gasteiger partial charge in [-0.1, -0.05) is 0 Å². The minimum atomic E-state index is -1.40. The molecule has 18 heavy (non-hydrogen) atoms. The van der Waals surface area contributed by atoms with E-state index in [0.717, 1.165) is 6.92 Å². The maximum absolute atomic E-state index is 10.9. The topological polar surface area (TPSA) is 131 Å². The summed E-state index contributed by atoms with van der Waals surface area (Å²) in [6.45, 7) is 1.02. The van der Waals surface area contributed by atoms with Gasteiger partial charge in [0.25, 0.3) is 0 Å². The van der Waals surface area contributed by atoms with Crippen LogP contribution in [0.15, 0.2) is 0 Å². The predicted molar refractivity (Wildman–Crippen MR) is 58.3 cm³/mol. The molecule has 5 atom stereocenters. The van der Waals surface area contributed by atoms with Crippen molar-refractivity contribution in [1.82, 2.24) is 0 Å². The lowest BCUT2D eigenvalue weighted by Gasteiger charge is -2.41. The zero-order chi connectivity index (χ0) is 13.7. The number of ether oxygens (including phenoxy) is 3. The largest absolute Gasteiger partial charge is 0.454 e. The molecule has 5 N–H and O–H groups in total. The molecule has 1 rings (SSSR count). The lowest BCUT2D eigenvalue weighted by Crippen LogP contribution is -2.60. The van der Waals surface area contributed by atoms with Crippen molar-refractivity contribution in [2.24, 2.45) is 5.73 Å². The zero-order valence-corrected chi connectivity index (χ0v) is 10.1. The first-order valence-corrected chi connectivity index (χ1v) is 5.62. The highest BCUT2D eigenvalue weighted by Crippen LogP contribution is 2.24. The smallest absolute Gasteiger partial charge is 0.303 e. The van der Waals surface area contributed by atoms with Crippen molar-refractivity contribution in [1.29, 1.82) is 0 Å². The number of carbonyl (C=O) groups excluding carboxylic acids is 1. The Hall–Kier alpha value is -0.770. The molecule has 0 aromatic carbocycles. The van der Waals surface area contributed by atoms with Crippen LogP contribution in [0.4, 0.5) is 0 Å². The number of carbonyl (C=O) groups is 1. The maximum atomic E-state index is 10.9. The number of rotatable bonds is 5. The number of esters is 1. The first-order chi connectivity index (χ1) is 8.51. The highest BCUT2D eigenvalue weighted by Gasteiger charge is 2.46. The van der Waals surface area contributed by atoms with E-state index in [0.29, 0.717) is 0 Å². The van der Waals surface area contributed by atoms with Crippen molar-refractivity contribution in [3.8, 4) is 0 Å². The van der Waals surface area contributed by atoms with Crippen LogP contribution >= 0.6 is 0 Å². The Morgan fingerprint density at radius 1 is 1.39 bits per heavy atom. The van der Waals surface area contributed by atoms with Gasteiger partial charge in [0.2, 0.25) is 0 Å². The molecule has 0 aromatic rings. The minimum absolute atomic E-state index is 0.128. The third kappa shape index (κ3) is 3.61. The monoisotopic (exact) mass is 265 g/mol. The van der Waals surface area contributed by atoms with Crippen molar-refractivity contribution in [3.63, 3.8) is 0 Å². The average Bonchev–Trinajstić information content (AvgIpc) is 2.33. The van der Waals surface area contributed by atoms with Gasteiger partial charge in [-0.3, -0.25) is 4.79 Å².